The van der Waals surface area contributed by atoms with Crippen molar-refractivity contribution >= 4 is 5.91 Å². The van der Waals surface area contributed by atoms with Crippen molar-refractivity contribution in [3.63, 3.8) is 0 Å². The number of rotatable bonds is 5. The number of amides is 1. The minimum atomic E-state index is 0.189. The molecule has 0 bridgehead atoms. The summed E-state index contributed by atoms with van der Waals surface area (Å²) in [6, 6.07) is 0.403. The summed E-state index contributed by atoms with van der Waals surface area (Å²) >= 11 is 0. The highest BCUT2D eigenvalue weighted by atomic mass is 16.2. The molecule has 1 amide bonds. The third-order valence-corrected chi connectivity index (χ3v) is 2.85. The van der Waals surface area contributed by atoms with E-state index in [1.54, 1.807) is 6.08 Å². The molecule has 1 N–H and O–H groups in total. The summed E-state index contributed by atoms with van der Waals surface area (Å²) in [5.41, 5.74) is 0.892. The Hall–Kier alpha value is -1.25. The average molecular weight is 268 g/mol. The van der Waals surface area contributed by atoms with Crippen molar-refractivity contribution in [2.75, 3.05) is 7.05 Å². The Bertz CT molecular complexity index is 268. The second-order valence-corrected chi connectivity index (χ2v) is 3.78. The van der Waals surface area contributed by atoms with E-state index in [9.17, 15) is 4.79 Å². The second kappa shape index (κ2) is 13.2. The lowest BCUT2D eigenvalue weighted by Crippen LogP contribution is -2.40. The zero-order valence-electron chi connectivity index (χ0n) is 13.6. The highest BCUT2D eigenvalue weighted by Crippen LogP contribution is 2.26. The Morgan fingerprint density at radius 2 is 1.84 bits per heavy atom. The number of nitrogens with one attached hydrogen (secondary N) is 1. The van der Waals surface area contributed by atoms with Crippen molar-refractivity contribution in [1.82, 2.24) is 10.2 Å². The zero-order chi connectivity index (χ0) is 15.3. The van der Waals surface area contributed by atoms with Gasteiger partial charge in [-0.25, -0.2) is 0 Å². The lowest BCUT2D eigenvalue weighted by Gasteiger charge is -2.35. The van der Waals surface area contributed by atoms with E-state index in [1.165, 1.54) is 6.42 Å². The van der Waals surface area contributed by atoms with Crippen LogP contribution in [0.15, 0.2) is 24.6 Å². The SMILES string of the molecule is C=C/C(=C\N(C(=O)CC)C1CCC1)NC.CC.CC. The smallest absolute Gasteiger partial charge is 0.226 e. The quantitative estimate of drug-likeness (QED) is 0.762. The number of nitrogens with zero attached hydrogens (tertiary/aromatic N) is 1. The van der Waals surface area contributed by atoms with E-state index in [2.05, 4.69) is 11.9 Å². The molecule has 0 aromatic rings. The van der Waals surface area contributed by atoms with Gasteiger partial charge in [-0.15, -0.1) is 0 Å². The minimum Gasteiger partial charge on any atom is -0.387 e. The van der Waals surface area contributed by atoms with Gasteiger partial charge in [0.25, 0.3) is 0 Å². The molecule has 1 aliphatic rings. The summed E-state index contributed by atoms with van der Waals surface area (Å²) in [6.45, 7) is 13.6. The van der Waals surface area contributed by atoms with Crippen LogP contribution in [0.1, 0.15) is 60.3 Å². The number of hydrogen-bond acceptors (Lipinski definition) is 2. The van der Waals surface area contributed by atoms with Gasteiger partial charge < -0.3 is 10.2 Å². The van der Waals surface area contributed by atoms with Gasteiger partial charge in [-0.1, -0.05) is 41.2 Å². The van der Waals surface area contributed by atoms with Crippen LogP contribution in [0.25, 0.3) is 0 Å². The van der Waals surface area contributed by atoms with Crippen LogP contribution in [0.2, 0.25) is 0 Å². The summed E-state index contributed by atoms with van der Waals surface area (Å²) in [4.78, 5) is 13.6. The standard InChI is InChI=1S/C12H20N2O.2C2H6/c1-4-10(13-3)9-14(12(15)5-2)11-7-6-8-11;2*1-2/h4,9,11,13H,1,5-8H2,2-3H3;2*1-2H3/b10-9+;;. The first-order valence-electron chi connectivity index (χ1n) is 7.56. The van der Waals surface area contributed by atoms with E-state index in [0.717, 1.165) is 18.5 Å². The average Bonchev–Trinajstić information content (AvgIpc) is 2.44. The molecule has 3 heteroatoms. The Labute approximate surface area is 119 Å². The number of allylic oxidation sites excluding steroid dienone is 1. The van der Waals surface area contributed by atoms with Gasteiger partial charge in [-0.3, -0.25) is 4.79 Å². The molecule has 0 aromatic carbocycles. The Morgan fingerprint density at radius 3 is 2.11 bits per heavy atom. The van der Waals surface area contributed by atoms with Crippen molar-refractivity contribution in [1.29, 1.82) is 0 Å². The molecule has 0 saturated heterocycles. The Kier molecular flexibility index (Phi) is 13.9. The molecule has 1 fully saturated rings. The molecule has 1 rings (SSSR count). The molecule has 0 aromatic heterocycles. The molecular weight excluding hydrogens is 236 g/mol. The van der Waals surface area contributed by atoms with Crippen LogP contribution in [0.5, 0.6) is 0 Å². The summed E-state index contributed by atoms with van der Waals surface area (Å²) in [5, 5.41) is 3.01. The lowest BCUT2D eigenvalue weighted by atomic mass is 9.91. The molecule has 0 radical (unpaired) electrons. The summed E-state index contributed by atoms with van der Waals surface area (Å²) in [7, 11) is 1.84. The van der Waals surface area contributed by atoms with Crippen LogP contribution >= 0.6 is 0 Å². The summed E-state index contributed by atoms with van der Waals surface area (Å²) in [6.07, 6.45) is 7.64. The maximum Gasteiger partial charge on any atom is 0.226 e. The zero-order valence-corrected chi connectivity index (χ0v) is 13.6. The van der Waals surface area contributed by atoms with Gasteiger partial charge in [-0.2, -0.15) is 0 Å². The molecule has 0 unspecified atom stereocenters. The molecule has 3 nitrogen and oxygen atoms in total. The second-order valence-electron chi connectivity index (χ2n) is 3.78. The van der Waals surface area contributed by atoms with Crippen LogP contribution in [-0.4, -0.2) is 23.9 Å². The highest BCUT2D eigenvalue weighted by molar-refractivity contribution is 5.77. The van der Waals surface area contributed by atoms with Crippen molar-refractivity contribution in [2.24, 2.45) is 0 Å². The number of likely N-dealkylation sites (N-methyl/N-ethyl adjacent to an activating group) is 1. The fraction of sp³-hybridized carbons (Fsp3) is 0.688. The van der Waals surface area contributed by atoms with E-state index in [4.69, 9.17) is 0 Å². The first-order valence-corrected chi connectivity index (χ1v) is 7.56. The van der Waals surface area contributed by atoms with Crippen LogP contribution in [0.3, 0.4) is 0 Å². The molecular formula is C16H32N2O. The largest absolute Gasteiger partial charge is 0.387 e. The molecule has 1 saturated carbocycles. The number of hydrogen-bond donors (Lipinski definition) is 1. The van der Waals surface area contributed by atoms with Crippen LogP contribution in [0.4, 0.5) is 0 Å². The van der Waals surface area contributed by atoms with Gasteiger partial charge in [0.1, 0.15) is 0 Å². The van der Waals surface area contributed by atoms with Crippen molar-refractivity contribution in [2.45, 2.75) is 66.3 Å². The predicted octanol–water partition coefficient (Wildman–Crippen LogP) is 4.08. The molecule has 0 atom stereocenters. The molecule has 19 heavy (non-hydrogen) atoms. The molecule has 112 valence electrons. The number of carbonyl (C=O) groups is 1. The fourth-order valence-corrected chi connectivity index (χ4v) is 1.60. The molecule has 0 heterocycles. The Morgan fingerprint density at radius 1 is 1.32 bits per heavy atom. The van der Waals surface area contributed by atoms with Crippen LogP contribution in [-0.2, 0) is 4.79 Å². The van der Waals surface area contributed by atoms with Gasteiger partial charge in [0.15, 0.2) is 0 Å². The van der Waals surface area contributed by atoms with Gasteiger partial charge in [0, 0.05) is 31.4 Å². The highest BCUT2D eigenvalue weighted by Gasteiger charge is 2.26. The molecule has 0 spiro atoms. The van der Waals surface area contributed by atoms with Gasteiger partial charge in [0.05, 0.1) is 0 Å². The monoisotopic (exact) mass is 268 g/mol. The first kappa shape index (κ1) is 20.1. The normalized spacial score (nSPS) is 13.9. The molecule has 0 aliphatic heterocycles. The summed E-state index contributed by atoms with van der Waals surface area (Å²) < 4.78 is 0. The van der Waals surface area contributed by atoms with E-state index in [0.29, 0.717) is 12.5 Å². The van der Waals surface area contributed by atoms with E-state index in [1.807, 2.05) is 52.8 Å². The predicted molar refractivity (Wildman–Crippen MR) is 84.8 cm³/mol. The van der Waals surface area contributed by atoms with E-state index >= 15 is 0 Å². The lowest BCUT2D eigenvalue weighted by molar-refractivity contribution is -0.131. The maximum absolute atomic E-state index is 11.7. The molecule has 1 aliphatic carbocycles. The van der Waals surface area contributed by atoms with Gasteiger partial charge in [0.2, 0.25) is 5.91 Å². The fourth-order valence-electron chi connectivity index (χ4n) is 1.60. The number of carbonyl (C=O) groups excluding carboxylic acids is 1. The van der Waals surface area contributed by atoms with Gasteiger partial charge >= 0.3 is 0 Å². The minimum absolute atomic E-state index is 0.189. The van der Waals surface area contributed by atoms with Crippen molar-refractivity contribution in [3.05, 3.63) is 24.6 Å². The summed E-state index contributed by atoms with van der Waals surface area (Å²) in [5.74, 6) is 0.189. The van der Waals surface area contributed by atoms with Crippen LogP contribution in [0, 0.1) is 0 Å². The Balaban J connectivity index is 0. The first-order chi connectivity index (χ1) is 9.22. The third kappa shape index (κ3) is 7.04. The van der Waals surface area contributed by atoms with Crippen LogP contribution < -0.4 is 5.32 Å². The van der Waals surface area contributed by atoms with Gasteiger partial charge in [-0.05, 0) is 25.3 Å². The van der Waals surface area contributed by atoms with Crippen molar-refractivity contribution in [3.8, 4) is 0 Å². The topological polar surface area (TPSA) is 32.3 Å². The van der Waals surface area contributed by atoms with E-state index in [-0.39, 0.29) is 5.91 Å². The van der Waals surface area contributed by atoms with E-state index < -0.39 is 0 Å². The maximum atomic E-state index is 11.7. The third-order valence-electron chi connectivity index (χ3n) is 2.85. The van der Waals surface area contributed by atoms with Crippen molar-refractivity contribution < 1.29 is 4.79 Å².